The number of carbonyl (C=O) groups excluding carboxylic acids is 2. The molecule has 3 rings (SSSR count). The van der Waals surface area contributed by atoms with Gasteiger partial charge in [-0.25, -0.2) is 0 Å². The number of fused-ring (bicyclic) bond motifs is 1. The molecule has 1 N–H and O–H groups in total. The van der Waals surface area contributed by atoms with E-state index in [2.05, 4.69) is 10.4 Å². The fourth-order valence-electron chi connectivity index (χ4n) is 2.81. The number of nitrogens with zero attached hydrogens (tertiary/aromatic N) is 3. The highest BCUT2D eigenvalue weighted by molar-refractivity contribution is 5.96. The van der Waals surface area contributed by atoms with Crippen LogP contribution in [0.25, 0.3) is 11.3 Å². The number of ether oxygens (including phenoxy) is 1. The van der Waals surface area contributed by atoms with Crippen molar-refractivity contribution in [3.05, 3.63) is 42.1 Å². The minimum atomic E-state index is -0.159. The Bertz CT molecular complexity index is 742. The van der Waals surface area contributed by atoms with Crippen molar-refractivity contribution in [2.24, 2.45) is 0 Å². The summed E-state index contributed by atoms with van der Waals surface area (Å²) >= 11 is 0. The molecule has 132 valence electrons. The average molecular weight is 342 g/mol. The van der Waals surface area contributed by atoms with Crippen molar-refractivity contribution in [1.82, 2.24) is 20.0 Å². The SMILES string of the molecule is COCCCNC(=O)CN1CCn2nc(-c3ccccc3)cc2C1=O. The highest BCUT2D eigenvalue weighted by Crippen LogP contribution is 2.21. The van der Waals surface area contributed by atoms with Crippen molar-refractivity contribution in [2.45, 2.75) is 13.0 Å². The van der Waals surface area contributed by atoms with Gasteiger partial charge in [0.1, 0.15) is 5.69 Å². The van der Waals surface area contributed by atoms with Crippen LogP contribution in [0.1, 0.15) is 16.9 Å². The highest BCUT2D eigenvalue weighted by Gasteiger charge is 2.27. The molecule has 2 amide bonds. The van der Waals surface area contributed by atoms with Gasteiger partial charge in [-0.2, -0.15) is 5.10 Å². The lowest BCUT2D eigenvalue weighted by Crippen LogP contribution is -2.46. The van der Waals surface area contributed by atoms with Crippen molar-refractivity contribution < 1.29 is 14.3 Å². The first-order chi connectivity index (χ1) is 12.2. The maximum Gasteiger partial charge on any atom is 0.272 e. The summed E-state index contributed by atoms with van der Waals surface area (Å²) < 4.78 is 6.66. The molecule has 0 unspecified atom stereocenters. The van der Waals surface area contributed by atoms with Crippen molar-refractivity contribution in [3.63, 3.8) is 0 Å². The van der Waals surface area contributed by atoms with Gasteiger partial charge in [0.25, 0.3) is 5.91 Å². The van der Waals surface area contributed by atoms with Crippen LogP contribution in [0.15, 0.2) is 36.4 Å². The quantitative estimate of drug-likeness (QED) is 0.766. The Morgan fingerprint density at radius 2 is 2.08 bits per heavy atom. The molecular weight excluding hydrogens is 320 g/mol. The molecule has 0 fully saturated rings. The lowest BCUT2D eigenvalue weighted by Gasteiger charge is -2.26. The van der Waals surface area contributed by atoms with Gasteiger partial charge in [-0.05, 0) is 12.5 Å². The van der Waals surface area contributed by atoms with Gasteiger partial charge < -0.3 is 15.0 Å². The van der Waals surface area contributed by atoms with Crippen LogP contribution in [0.3, 0.4) is 0 Å². The summed E-state index contributed by atoms with van der Waals surface area (Å²) in [7, 11) is 1.63. The molecule has 2 heterocycles. The molecule has 0 spiro atoms. The van der Waals surface area contributed by atoms with Gasteiger partial charge in [-0.1, -0.05) is 30.3 Å². The van der Waals surface area contributed by atoms with Gasteiger partial charge in [-0.3, -0.25) is 14.3 Å². The average Bonchev–Trinajstić information content (AvgIpc) is 3.07. The molecule has 1 aliphatic rings. The van der Waals surface area contributed by atoms with Crippen LogP contribution >= 0.6 is 0 Å². The number of benzene rings is 1. The van der Waals surface area contributed by atoms with Crippen LogP contribution in [0, 0.1) is 0 Å². The fraction of sp³-hybridized carbons (Fsp3) is 0.389. The Hall–Kier alpha value is -2.67. The molecular formula is C18H22N4O3. The van der Waals surface area contributed by atoms with Crippen molar-refractivity contribution in [3.8, 4) is 11.3 Å². The van der Waals surface area contributed by atoms with E-state index < -0.39 is 0 Å². The number of rotatable bonds is 7. The Morgan fingerprint density at radius 3 is 2.84 bits per heavy atom. The van der Waals surface area contributed by atoms with Gasteiger partial charge in [-0.15, -0.1) is 0 Å². The Morgan fingerprint density at radius 1 is 1.28 bits per heavy atom. The predicted octanol–water partition coefficient (Wildman–Crippen LogP) is 1.16. The summed E-state index contributed by atoms with van der Waals surface area (Å²) in [4.78, 5) is 26.2. The largest absolute Gasteiger partial charge is 0.385 e. The molecule has 2 aromatic rings. The number of hydrogen-bond acceptors (Lipinski definition) is 4. The smallest absolute Gasteiger partial charge is 0.272 e. The number of hydrogen-bond donors (Lipinski definition) is 1. The lowest BCUT2D eigenvalue weighted by molar-refractivity contribution is -0.121. The lowest BCUT2D eigenvalue weighted by atomic mass is 10.1. The van der Waals surface area contributed by atoms with Gasteiger partial charge >= 0.3 is 0 Å². The zero-order valence-electron chi connectivity index (χ0n) is 14.3. The molecule has 1 aromatic carbocycles. The Balaban J connectivity index is 1.63. The van der Waals surface area contributed by atoms with E-state index in [4.69, 9.17) is 4.74 Å². The second-order valence-corrected chi connectivity index (χ2v) is 5.93. The summed E-state index contributed by atoms with van der Waals surface area (Å²) in [5, 5.41) is 7.31. The fourth-order valence-corrected chi connectivity index (χ4v) is 2.81. The maximum atomic E-state index is 12.6. The van der Waals surface area contributed by atoms with E-state index >= 15 is 0 Å². The number of nitrogens with one attached hydrogen (secondary N) is 1. The van der Waals surface area contributed by atoms with E-state index in [1.807, 2.05) is 30.3 Å². The first-order valence-electron chi connectivity index (χ1n) is 8.37. The van der Waals surface area contributed by atoms with Crippen LogP contribution in [0.2, 0.25) is 0 Å². The van der Waals surface area contributed by atoms with Crippen molar-refractivity contribution in [1.29, 1.82) is 0 Å². The number of amides is 2. The third-order valence-corrected chi connectivity index (χ3v) is 4.12. The molecule has 7 nitrogen and oxygen atoms in total. The summed E-state index contributed by atoms with van der Waals surface area (Å²) in [5.41, 5.74) is 2.27. The molecule has 0 bridgehead atoms. The van der Waals surface area contributed by atoms with E-state index in [0.717, 1.165) is 17.7 Å². The molecule has 1 aromatic heterocycles. The normalized spacial score (nSPS) is 13.6. The first kappa shape index (κ1) is 17.2. The van der Waals surface area contributed by atoms with E-state index in [-0.39, 0.29) is 18.4 Å². The van der Waals surface area contributed by atoms with Crippen LogP contribution in [0.5, 0.6) is 0 Å². The minimum absolute atomic E-state index is 0.0671. The van der Waals surface area contributed by atoms with Gasteiger partial charge in [0, 0.05) is 32.4 Å². The molecule has 0 saturated carbocycles. The van der Waals surface area contributed by atoms with Gasteiger partial charge in [0.05, 0.1) is 18.8 Å². The van der Waals surface area contributed by atoms with Crippen LogP contribution in [-0.4, -0.2) is 59.8 Å². The van der Waals surface area contributed by atoms with E-state index in [9.17, 15) is 9.59 Å². The van der Waals surface area contributed by atoms with Crippen LogP contribution in [0.4, 0.5) is 0 Å². The molecule has 1 aliphatic heterocycles. The Labute approximate surface area is 146 Å². The topological polar surface area (TPSA) is 76.5 Å². The van der Waals surface area contributed by atoms with E-state index in [0.29, 0.717) is 31.9 Å². The Kier molecular flexibility index (Phi) is 5.45. The summed E-state index contributed by atoms with van der Waals surface area (Å²) in [5.74, 6) is -0.311. The maximum absolute atomic E-state index is 12.6. The molecule has 0 aliphatic carbocycles. The van der Waals surface area contributed by atoms with E-state index in [1.54, 1.807) is 22.8 Å². The molecule has 0 atom stereocenters. The van der Waals surface area contributed by atoms with E-state index in [1.165, 1.54) is 0 Å². The third kappa shape index (κ3) is 4.06. The first-order valence-corrected chi connectivity index (χ1v) is 8.37. The highest BCUT2D eigenvalue weighted by atomic mass is 16.5. The summed E-state index contributed by atoms with van der Waals surface area (Å²) in [6.07, 6.45) is 0.753. The molecule has 25 heavy (non-hydrogen) atoms. The summed E-state index contributed by atoms with van der Waals surface area (Å²) in [6, 6.07) is 11.5. The van der Waals surface area contributed by atoms with Gasteiger partial charge in [0.2, 0.25) is 5.91 Å². The molecule has 0 saturated heterocycles. The van der Waals surface area contributed by atoms with Crippen LogP contribution in [-0.2, 0) is 16.1 Å². The zero-order valence-corrected chi connectivity index (χ0v) is 14.3. The van der Waals surface area contributed by atoms with Crippen molar-refractivity contribution >= 4 is 11.8 Å². The predicted molar refractivity (Wildman–Crippen MR) is 93.1 cm³/mol. The molecule has 0 radical (unpaired) electrons. The standard InChI is InChI=1S/C18H22N4O3/c1-25-11-5-8-19-17(23)13-21-9-10-22-16(18(21)24)12-15(20-22)14-6-3-2-4-7-14/h2-4,6-7,12H,5,8-11,13H2,1H3,(H,19,23). The number of carbonyl (C=O) groups is 2. The number of methoxy groups -OCH3 is 1. The minimum Gasteiger partial charge on any atom is -0.385 e. The monoisotopic (exact) mass is 342 g/mol. The second-order valence-electron chi connectivity index (χ2n) is 5.93. The zero-order chi connectivity index (χ0) is 17.6. The number of aromatic nitrogens is 2. The molecule has 7 heteroatoms. The second kappa shape index (κ2) is 7.94. The summed E-state index contributed by atoms with van der Waals surface area (Å²) in [6.45, 7) is 2.28. The third-order valence-electron chi connectivity index (χ3n) is 4.12. The van der Waals surface area contributed by atoms with Crippen LogP contribution < -0.4 is 5.32 Å². The van der Waals surface area contributed by atoms with Crippen molar-refractivity contribution in [2.75, 3.05) is 33.4 Å². The van der Waals surface area contributed by atoms with Gasteiger partial charge in [0.15, 0.2) is 0 Å².